The lowest BCUT2D eigenvalue weighted by Gasteiger charge is -2.09. The third-order valence-corrected chi connectivity index (χ3v) is 3.26. The summed E-state index contributed by atoms with van der Waals surface area (Å²) >= 11 is 0. The summed E-state index contributed by atoms with van der Waals surface area (Å²) in [5.74, 6) is -1.33. The zero-order valence-electron chi connectivity index (χ0n) is 11.8. The molecule has 21 heavy (non-hydrogen) atoms. The van der Waals surface area contributed by atoms with Crippen molar-refractivity contribution in [3.63, 3.8) is 0 Å². The van der Waals surface area contributed by atoms with Gasteiger partial charge >= 0.3 is 5.97 Å². The van der Waals surface area contributed by atoms with Crippen LogP contribution in [0.25, 0.3) is 0 Å². The minimum atomic E-state index is -1.02. The van der Waals surface area contributed by atoms with Crippen molar-refractivity contribution in [3.05, 3.63) is 58.7 Å². The fourth-order valence-electron chi connectivity index (χ4n) is 1.95. The Morgan fingerprint density at radius 2 is 1.76 bits per heavy atom. The fourth-order valence-corrected chi connectivity index (χ4v) is 1.95. The standard InChI is InChI=1S/C16H16N2O3/c1-9-3-5-12(8-13(9)16(20)21)18-15(19)11-4-6-14(17)10(2)7-11/h3-8H,17H2,1-2H3,(H,18,19)(H,20,21). The maximum Gasteiger partial charge on any atom is 0.336 e. The quantitative estimate of drug-likeness (QED) is 0.756. The molecule has 0 saturated carbocycles. The van der Waals surface area contributed by atoms with Gasteiger partial charge in [0.05, 0.1) is 5.56 Å². The van der Waals surface area contributed by atoms with Crippen LogP contribution >= 0.6 is 0 Å². The number of nitrogens with two attached hydrogens (primary N) is 1. The molecular formula is C16H16N2O3. The van der Waals surface area contributed by atoms with E-state index in [2.05, 4.69) is 5.32 Å². The van der Waals surface area contributed by atoms with Crippen molar-refractivity contribution in [1.82, 2.24) is 0 Å². The molecule has 0 spiro atoms. The maximum atomic E-state index is 12.1. The number of amides is 1. The SMILES string of the molecule is Cc1cc(C(=O)Nc2ccc(C)c(C(=O)O)c2)ccc1N. The molecule has 0 radical (unpaired) electrons. The van der Waals surface area contributed by atoms with Crippen LogP contribution in [0.15, 0.2) is 36.4 Å². The van der Waals surface area contributed by atoms with Gasteiger partial charge in [-0.1, -0.05) is 6.07 Å². The number of rotatable bonds is 3. The van der Waals surface area contributed by atoms with Crippen molar-refractivity contribution in [3.8, 4) is 0 Å². The first-order chi connectivity index (χ1) is 9.88. The van der Waals surface area contributed by atoms with Gasteiger partial charge in [-0.25, -0.2) is 4.79 Å². The predicted octanol–water partition coefficient (Wildman–Crippen LogP) is 2.84. The van der Waals surface area contributed by atoms with Crippen LogP contribution in [0.5, 0.6) is 0 Å². The van der Waals surface area contributed by atoms with E-state index in [4.69, 9.17) is 10.8 Å². The monoisotopic (exact) mass is 284 g/mol. The number of aryl methyl sites for hydroxylation is 2. The Bertz CT molecular complexity index is 723. The number of aromatic carboxylic acids is 1. The van der Waals surface area contributed by atoms with Crippen LogP contribution in [-0.4, -0.2) is 17.0 Å². The van der Waals surface area contributed by atoms with Gasteiger partial charge in [0.2, 0.25) is 0 Å². The maximum absolute atomic E-state index is 12.1. The van der Waals surface area contributed by atoms with Crippen LogP contribution in [0, 0.1) is 13.8 Å². The zero-order chi connectivity index (χ0) is 15.6. The van der Waals surface area contributed by atoms with E-state index in [1.54, 1.807) is 37.3 Å². The highest BCUT2D eigenvalue weighted by Gasteiger charge is 2.11. The number of carboxylic acid groups (broad SMARTS) is 1. The van der Waals surface area contributed by atoms with Gasteiger partial charge in [-0.3, -0.25) is 4.79 Å². The Hall–Kier alpha value is -2.82. The van der Waals surface area contributed by atoms with Gasteiger partial charge in [0.15, 0.2) is 0 Å². The molecule has 0 saturated heterocycles. The van der Waals surface area contributed by atoms with E-state index in [0.29, 0.717) is 22.5 Å². The van der Waals surface area contributed by atoms with Crippen LogP contribution in [0.2, 0.25) is 0 Å². The first kappa shape index (κ1) is 14.6. The molecule has 0 aliphatic carbocycles. The molecule has 0 unspecified atom stereocenters. The van der Waals surface area contributed by atoms with Crippen LogP contribution < -0.4 is 11.1 Å². The average Bonchev–Trinajstić information content (AvgIpc) is 2.43. The largest absolute Gasteiger partial charge is 0.478 e. The Kier molecular flexibility index (Phi) is 3.93. The van der Waals surface area contributed by atoms with Crippen LogP contribution in [0.1, 0.15) is 31.8 Å². The Labute approximate surface area is 122 Å². The van der Waals surface area contributed by atoms with E-state index in [1.165, 1.54) is 6.07 Å². The van der Waals surface area contributed by atoms with E-state index in [9.17, 15) is 9.59 Å². The second kappa shape index (κ2) is 5.66. The molecule has 0 atom stereocenters. The Morgan fingerprint density at radius 3 is 2.38 bits per heavy atom. The van der Waals surface area contributed by atoms with Crippen molar-refractivity contribution in [2.75, 3.05) is 11.1 Å². The molecule has 0 aliphatic rings. The summed E-state index contributed by atoms with van der Waals surface area (Å²) in [6.07, 6.45) is 0. The molecule has 0 bridgehead atoms. The first-order valence-electron chi connectivity index (χ1n) is 6.40. The van der Waals surface area contributed by atoms with Crippen molar-refractivity contribution in [2.24, 2.45) is 0 Å². The third kappa shape index (κ3) is 3.20. The zero-order valence-corrected chi connectivity index (χ0v) is 11.8. The topological polar surface area (TPSA) is 92.4 Å². The Morgan fingerprint density at radius 1 is 1.05 bits per heavy atom. The highest BCUT2D eigenvalue weighted by atomic mass is 16.4. The summed E-state index contributed by atoms with van der Waals surface area (Å²) in [6.45, 7) is 3.53. The average molecular weight is 284 g/mol. The summed E-state index contributed by atoms with van der Waals surface area (Å²) in [6, 6.07) is 9.76. The molecule has 108 valence electrons. The van der Waals surface area contributed by atoms with Crippen molar-refractivity contribution < 1.29 is 14.7 Å². The van der Waals surface area contributed by atoms with E-state index in [1.807, 2.05) is 6.92 Å². The van der Waals surface area contributed by atoms with Gasteiger partial charge in [-0.15, -0.1) is 0 Å². The molecule has 1 amide bonds. The number of hydrogen-bond donors (Lipinski definition) is 3. The molecule has 0 fully saturated rings. The van der Waals surface area contributed by atoms with Gasteiger partial charge in [0.25, 0.3) is 5.91 Å². The minimum Gasteiger partial charge on any atom is -0.478 e. The molecule has 2 aromatic rings. The highest BCUT2D eigenvalue weighted by molar-refractivity contribution is 6.05. The molecule has 0 aromatic heterocycles. The lowest BCUT2D eigenvalue weighted by atomic mass is 10.1. The number of hydrogen-bond acceptors (Lipinski definition) is 3. The van der Waals surface area contributed by atoms with Gasteiger partial charge < -0.3 is 16.2 Å². The minimum absolute atomic E-state index is 0.168. The summed E-state index contributed by atoms with van der Waals surface area (Å²) in [7, 11) is 0. The second-order valence-corrected chi connectivity index (χ2v) is 4.86. The number of nitrogens with one attached hydrogen (secondary N) is 1. The Balaban J connectivity index is 2.25. The number of carboxylic acids is 1. The number of carbonyl (C=O) groups is 2. The number of nitrogen functional groups attached to an aromatic ring is 1. The molecule has 5 heteroatoms. The second-order valence-electron chi connectivity index (χ2n) is 4.86. The summed E-state index contributed by atoms with van der Waals surface area (Å²) in [5, 5.41) is 11.8. The number of benzene rings is 2. The third-order valence-electron chi connectivity index (χ3n) is 3.26. The van der Waals surface area contributed by atoms with Crippen molar-refractivity contribution >= 4 is 23.3 Å². The number of anilines is 2. The van der Waals surface area contributed by atoms with E-state index >= 15 is 0 Å². The van der Waals surface area contributed by atoms with Gasteiger partial charge in [0, 0.05) is 16.9 Å². The predicted molar refractivity (Wildman–Crippen MR) is 81.7 cm³/mol. The molecule has 4 N–H and O–H groups in total. The summed E-state index contributed by atoms with van der Waals surface area (Å²) < 4.78 is 0. The molecule has 0 heterocycles. The molecule has 2 aromatic carbocycles. The van der Waals surface area contributed by atoms with E-state index < -0.39 is 5.97 Å². The van der Waals surface area contributed by atoms with Gasteiger partial charge in [-0.2, -0.15) is 0 Å². The van der Waals surface area contributed by atoms with Crippen LogP contribution in [-0.2, 0) is 0 Å². The van der Waals surface area contributed by atoms with E-state index in [0.717, 1.165) is 5.56 Å². The van der Waals surface area contributed by atoms with Gasteiger partial charge in [0.1, 0.15) is 0 Å². The molecular weight excluding hydrogens is 268 g/mol. The van der Waals surface area contributed by atoms with Crippen LogP contribution in [0.4, 0.5) is 11.4 Å². The highest BCUT2D eigenvalue weighted by Crippen LogP contribution is 2.18. The normalized spacial score (nSPS) is 10.2. The first-order valence-corrected chi connectivity index (χ1v) is 6.40. The summed E-state index contributed by atoms with van der Waals surface area (Å²) in [4.78, 5) is 23.2. The molecule has 5 nitrogen and oxygen atoms in total. The van der Waals surface area contributed by atoms with Crippen molar-refractivity contribution in [2.45, 2.75) is 13.8 Å². The van der Waals surface area contributed by atoms with Crippen LogP contribution in [0.3, 0.4) is 0 Å². The van der Waals surface area contributed by atoms with E-state index in [-0.39, 0.29) is 11.5 Å². The smallest absolute Gasteiger partial charge is 0.336 e. The molecule has 2 rings (SSSR count). The lowest BCUT2D eigenvalue weighted by molar-refractivity contribution is 0.0695. The van der Waals surface area contributed by atoms with Gasteiger partial charge in [-0.05, 0) is 55.3 Å². The lowest BCUT2D eigenvalue weighted by Crippen LogP contribution is -2.13. The molecule has 0 aliphatic heterocycles. The number of carbonyl (C=O) groups excluding carboxylic acids is 1. The van der Waals surface area contributed by atoms with Crippen molar-refractivity contribution in [1.29, 1.82) is 0 Å². The fraction of sp³-hybridized carbons (Fsp3) is 0.125. The summed E-state index contributed by atoms with van der Waals surface area (Å²) in [5.41, 5.74) is 8.88.